The summed E-state index contributed by atoms with van der Waals surface area (Å²) in [6, 6.07) is 8.54. The normalized spacial score (nSPS) is 11.2. The molecule has 2 rings (SSSR count). The molecule has 0 unspecified atom stereocenters. The molecule has 0 radical (unpaired) electrons. The van der Waals surface area contributed by atoms with Crippen LogP contribution in [0.25, 0.3) is 0 Å². The molecule has 19 heavy (non-hydrogen) atoms. The highest BCUT2D eigenvalue weighted by atomic mass is 32.2. The minimum Gasteiger partial charge on any atom is -0.389 e. The van der Waals surface area contributed by atoms with Crippen LogP contribution in [0.15, 0.2) is 33.4 Å². The average Bonchev–Trinajstić information content (AvgIpc) is 2.65. The van der Waals surface area contributed by atoms with Crippen LogP contribution >= 0.6 is 11.3 Å². The zero-order valence-corrected chi connectivity index (χ0v) is 12.1. The van der Waals surface area contributed by atoms with E-state index in [-0.39, 0.29) is 19.7 Å². The summed E-state index contributed by atoms with van der Waals surface area (Å²) in [6.45, 7) is 3.49. The Bertz CT molecular complexity index is 766. The summed E-state index contributed by atoms with van der Waals surface area (Å²) in [7, 11) is -3.61. The second-order valence-electron chi connectivity index (χ2n) is 4.18. The highest BCUT2D eigenvalue weighted by molar-refractivity contribution is 7.93. The van der Waals surface area contributed by atoms with Gasteiger partial charge in [-0.05, 0) is 31.5 Å². The number of nitrogens with two attached hydrogens (primary N) is 1. The Balaban J connectivity index is 2.64. The van der Waals surface area contributed by atoms with E-state index < -0.39 is 9.84 Å². The van der Waals surface area contributed by atoms with E-state index in [1.165, 1.54) is 0 Å². The molecule has 2 N–H and O–H groups in total. The van der Waals surface area contributed by atoms with Gasteiger partial charge < -0.3 is 5.73 Å². The largest absolute Gasteiger partial charge is 0.389 e. The minimum absolute atomic E-state index is 0.144. The fourth-order valence-electron chi connectivity index (χ4n) is 1.73. The predicted octanol–water partition coefficient (Wildman–Crippen LogP) is 2.65. The Hall–Kier alpha value is -1.84. The van der Waals surface area contributed by atoms with Gasteiger partial charge in [-0.25, -0.2) is 8.42 Å². The van der Waals surface area contributed by atoms with Crippen molar-refractivity contribution in [2.75, 3.05) is 5.73 Å². The molecular weight excluding hydrogens is 280 g/mol. The van der Waals surface area contributed by atoms with E-state index in [1.54, 1.807) is 31.2 Å². The highest BCUT2D eigenvalue weighted by Crippen LogP contribution is 2.36. The zero-order valence-electron chi connectivity index (χ0n) is 10.5. The van der Waals surface area contributed by atoms with Gasteiger partial charge in [0.2, 0.25) is 9.84 Å². The van der Waals surface area contributed by atoms with Crippen molar-refractivity contribution in [1.82, 2.24) is 0 Å². The number of sulfone groups is 1. The number of nitrogen functional groups attached to an aromatic ring is 1. The zero-order chi connectivity index (χ0) is 14.2. The SMILES string of the molecule is Cc1ccc(S(=O)(=O)c2sc(N)c(C#N)c2C)cc1. The van der Waals surface area contributed by atoms with E-state index >= 15 is 0 Å². The fraction of sp³-hybridized carbons (Fsp3) is 0.154. The van der Waals surface area contributed by atoms with Crippen molar-refractivity contribution in [2.45, 2.75) is 23.0 Å². The van der Waals surface area contributed by atoms with E-state index in [4.69, 9.17) is 11.0 Å². The molecule has 0 spiro atoms. The molecule has 0 aliphatic carbocycles. The summed E-state index contributed by atoms with van der Waals surface area (Å²) in [5.41, 5.74) is 7.34. The van der Waals surface area contributed by atoms with Crippen LogP contribution in [0.3, 0.4) is 0 Å². The highest BCUT2D eigenvalue weighted by Gasteiger charge is 2.25. The first-order chi connectivity index (χ1) is 8.87. The lowest BCUT2D eigenvalue weighted by Crippen LogP contribution is -2.01. The van der Waals surface area contributed by atoms with Crippen molar-refractivity contribution in [2.24, 2.45) is 0 Å². The monoisotopic (exact) mass is 292 g/mol. The number of nitrogens with zero attached hydrogens (tertiary/aromatic N) is 1. The Morgan fingerprint density at radius 3 is 2.26 bits per heavy atom. The first-order valence-electron chi connectivity index (χ1n) is 5.48. The van der Waals surface area contributed by atoms with E-state index in [2.05, 4.69) is 0 Å². The molecule has 2 aromatic rings. The maximum Gasteiger partial charge on any atom is 0.216 e. The number of anilines is 1. The van der Waals surface area contributed by atoms with Crippen molar-refractivity contribution >= 4 is 26.2 Å². The fourth-order valence-corrected chi connectivity index (χ4v) is 4.70. The van der Waals surface area contributed by atoms with Crippen molar-refractivity contribution in [3.63, 3.8) is 0 Å². The second-order valence-corrected chi connectivity index (χ2v) is 7.38. The number of thiophene rings is 1. The van der Waals surface area contributed by atoms with Gasteiger partial charge in [0.05, 0.1) is 10.5 Å². The molecule has 0 aliphatic heterocycles. The van der Waals surface area contributed by atoms with Gasteiger partial charge >= 0.3 is 0 Å². The summed E-state index contributed by atoms with van der Waals surface area (Å²) >= 11 is 0.939. The van der Waals surface area contributed by atoms with Crippen molar-refractivity contribution in [1.29, 1.82) is 5.26 Å². The lowest BCUT2D eigenvalue weighted by atomic mass is 10.2. The molecule has 0 aliphatic rings. The molecule has 1 aromatic carbocycles. The molecule has 1 aromatic heterocycles. The quantitative estimate of drug-likeness (QED) is 0.922. The molecule has 0 bridgehead atoms. The lowest BCUT2D eigenvalue weighted by Gasteiger charge is -2.03. The van der Waals surface area contributed by atoms with Crippen LogP contribution in [-0.4, -0.2) is 8.42 Å². The lowest BCUT2D eigenvalue weighted by molar-refractivity contribution is 0.597. The van der Waals surface area contributed by atoms with Gasteiger partial charge in [-0.3, -0.25) is 0 Å². The number of aryl methyl sites for hydroxylation is 1. The standard InChI is InChI=1S/C13H12N2O2S2/c1-8-3-5-10(6-4-8)19(16,17)13-9(2)11(7-14)12(15)18-13/h3-6H,15H2,1-2H3. The third-order valence-electron chi connectivity index (χ3n) is 2.82. The number of hydrogen-bond donors (Lipinski definition) is 1. The molecule has 0 saturated carbocycles. The Morgan fingerprint density at radius 2 is 1.79 bits per heavy atom. The first-order valence-corrected chi connectivity index (χ1v) is 7.78. The summed E-state index contributed by atoms with van der Waals surface area (Å²) in [5.74, 6) is 0. The summed E-state index contributed by atoms with van der Waals surface area (Å²) in [6.07, 6.45) is 0. The van der Waals surface area contributed by atoms with Crippen LogP contribution in [0.2, 0.25) is 0 Å². The molecular formula is C13H12N2O2S2. The Kier molecular flexibility index (Phi) is 3.35. The average molecular weight is 292 g/mol. The van der Waals surface area contributed by atoms with E-state index in [0.29, 0.717) is 5.56 Å². The van der Waals surface area contributed by atoms with Crippen LogP contribution in [0.5, 0.6) is 0 Å². The number of nitriles is 1. The van der Waals surface area contributed by atoms with Crippen LogP contribution in [0.1, 0.15) is 16.7 Å². The summed E-state index contributed by atoms with van der Waals surface area (Å²) in [5, 5.41) is 9.21. The number of hydrogen-bond acceptors (Lipinski definition) is 5. The predicted molar refractivity (Wildman–Crippen MR) is 74.8 cm³/mol. The summed E-state index contributed by atoms with van der Waals surface area (Å²) < 4.78 is 25.1. The molecule has 4 nitrogen and oxygen atoms in total. The molecule has 98 valence electrons. The Morgan fingerprint density at radius 1 is 1.21 bits per heavy atom. The molecule has 0 fully saturated rings. The topological polar surface area (TPSA) is 83.9 Å². The van der Waals surface area contributed by atoms with Crippen LogP contribution < -0.4 is 5.73 Å². The van der Waals surface area contributed by atoms with Crippen molar-refractivity contribution in [3.05, 3.63) is 41.0 Å². The molecule has 0 saturated heterocycles. The third-order valence-corrected chi connectivity index (χ3v) is 6.33. The Labute approximate surface area is 116 Å². The second kappa shape index (κ2) is 4.68. The van der Waals surface area contributed by atoms with E-state index in [9.17, 15) is 8.42 Å². The molecule has 0 amide bonds. The smallest absolute Gasteiger partial charge is 0.216 e. The number of rotatable bonds is 2. The van der Waals surface area contributed by atoms with Gasteiger partial charge in [-0.2, -0.15) is 5.26 Å². The van der Waals surface area contributed by atoms with E-state index in [1.807, 2.05) is 13.0 Å². The summed E-state index contributed by atoms with van der Waals surface area (Å²) in [4.78, 5) is 0.215. The maximum absolute atomic E-state index is 12.5. The molecule has 6 heteroatoms. The van der Waals surface area contributed by atoms with Gasteiger partial charge in [-0.15, -0.1) is 11.3 Å². The van der Waals surface area contributed by atoms with Crippen LogP contribution in [-0.2, 0) is 9.84 Å². The van der Waals surface area contributed by atoms with Gasteiger partial charge in [0.1, 0.15) is 15.3 Å². The van der Waals surface area contributed by atoms with Crippen LogP contribution in [0, 0.1) is 25.2 Å². The third kappa shape index (κ3) is 2.23. The minimum atomic E-state index is -3.61. The van der Waals surface area contributed by atoms with Gasteiger partial charge in [0.15, 0.2) is 0 Å². The first kappa shape index (κ1) is 13.6. The number of benzene rings is 1. The van der Waals surface area contributed by atoms with Gasteiger partial charge in [0, 0.05) is 0 Å². The van der Waals surface area contributed by atoms with Gasteiger partial charge in [0.25, 0.3) is 0 Å². The molecule has 0 atom stereocenters. The van der Waals surface area contributed by atoms with Crippen molar-refractivity contribution < 1.29 is 8.42 Å². The molecule has 1 heterocycles. The van der Waals surface area contributed by atoms with Gasteiger partial charge in [-0.1, -0.05) is 17.7 Å². The maximum atomic E-state index is 12.5. The van der Waals surface area contributed by atoms with E-state index in [0.717, 1.165) is 16.9 Å². The van der Waals surface area contributed by atoms with Crippen LogP contribution in [0.4, 0.5) is 5.00 Å². The van der Waals surface area contributed by atoms with Crippen molar-refractivity contribution in [3.8, 4) is 6.07 Å².